The third-order valence-electron chi connectivity index (χ3n) is 4.54. The van der Waals surface area contributed by atoms with Gasteiger partial charge in [-0.15, -0.1) is 0 Å². The Morgan fingerprint density at radius 3 is 2.44 bits per heavy atom. The van der Waals surface area contributed by atoms with Crippen LogP contribution in [0.5, 0.6) is 5.75 Å². The maximum Gasteiger partial charge on any atom is 0.407 e. The van der Waals surface area contributed by atoms with E-state index >= 15 is 0 Å². The molecule has 1 fully saturated rings. The Morgan fingerprint density at radius 2 is 1.88 bits per heavy atom. The standard InChI is InChI=1S/C18H22N4O3/c1-3-15-12-21(8-9-22(15)18(23)24)17-19-10-14(11-20-17)13-4-6-16(25-2)7-5-13/h4-7,10-11,15H,3,8-9,12H2,1-2H3,(H,23,24). The van der Waals surface area contributed by atoms with Crippen LogP contribution in [0.15, 0.2) is 36.7 Å². The van der Waals surface area contributed by atoms with Gasteiger partial charge in [-0.3, -0.25) is 0 Å². The molecule has 0 bridgehead atoms. The first-order valence-corrected chi connectivity index (χ1v) is 8.33. The van der Waals surface area contributed by atoms with Crippen molar-refractivity contribution in [2.24, 2.45) is 0 Å². The number of anilines is 1. The summed E-state index contributed by atoms with van der Waals surface area (Å²) in [5.74, 6) is 1.45. The van der Waals surface area contributed by atoms with E-state index in [1.54, 1.807) is 19.5 Å². The largest absolute Gasteiger partial charge is 0.497 e. The van der Waals surface area contributed by atoms with Gasteiger partial charge < -0.3 is 19.6 Å². The number of hydrogen-bond acceptors (Lipinski definition) is 5. The molecule has 1 aromatic heterocycles. The number of piperazine rings is 1. The van der Waals surface area contributed by atoms with Crippen LogP contribution in [0.25, 0.3) is 11.1 Å². The van der Waals surface area contributed by atoms with E-state index in [1.165, 1.54) is 4.90 Å². The zero-order valence-electron chi connectivity index (χ0n) is 14.4. The Balaban J connectivity index is 1.72. The summed E-state index contributed by atoms with van der Waals surface area (Å²) >= 11 is 0. The molecule has 1 unspecified atom stereocenters. The summed E-state index contributed by atoms with van der Waals surface area (Å²) in [4.78, 5) is 23.8. The monoisotopic (exact) mass is 342 g/mol. The summed E-state index contributed by atoms with van der Waals surface area (Å²) in [6, 6.07) is 7.71. The number of ether oxygens (including phenoxy) is 1. The van der Waals surface area contributed by atoms with Crippen LogP contribution in [0.3, 0.4) is 0 Å². The molecular formula is C18H22N4O3. The third-order valence-corrected chi connectivity index (χ3v) is 4.54. The average molecular weight is 342 g/mol. The number of nitrogens with zero attached hydrogens (tertiary/aromatic N) is 4. The normalized spacial score (nSPS) is 17.4. The summed E-state index contributed by atoms with van der Waals surface area (Å²) in [6.07, 6.45) is 3.51. The minimum Gasteiger partial charge on any atom is -0.497 e. The van der Waals surface area contributed by atoms with Crippen molar-refractivity contribution in [1.29, 1.82) is 0 Å². The van der Waals surface area contributed by atoms with Gasteiger partial charge in [0.1, 0.15) is 5.75 Å². The van der Waals surface area contributed by atoms with E-state index < -0.39 is 6.09 Å². The molecule has 7 heteroatoms. The van der Waals surface area contributed by atoms with Crippen molar-refractivity contribution in [3.63, 3.8) is 0 Å². The van der Waals surface area contributed by atoms with Gasteiger partial charge in [-0.2, -0.15) is 0 Å². The van der Waals surface area contributed by atoms with Crippen molar-refractivity contribution < 1.29 is 14.6 Å². The van der Waals surface area contributed by atoms with E-state index in [4.69, 9.17) is 4.74 Å². The van der Waals surface area contributed by atoms with Gasteiger partial charge >= 0.3 is 6.09 Å². The highest BCUT2D eigenvalue weighted by atomic mass is 16.5. The third kappa shape index (κ3) is 3.65. The van der Waals surface area contributed by atoms with Crippen molar-refractivity contribution in [2.45, 2.75) is 19.4 Å². The van der Waals surface area contributed by atoms with Gasteiger partial charge in [0, 0.05) is 37.6 Å². The van der Waals surface area contributed by atoms with Crippen molar-refractivity contribution in [3.05, 3.63) is 36.7 Å². The molecule has 1 aliphatic rings. The molecule has 2 heterocycles. The molecule has 2 aromatic rings. The molecule has 1 aromatic carbocycles. The van der Waals surface area contributed by atoms with Crippen LogP contribution < -0.4 is 9.64 Å². The highest BCUT2D eigenvalue weighted by molar-refractivity contribution is 5.66. The summed E-state index contributed by atoms with van der Waals surface area (Å²) in [6.45, 7) is 3.69. The summed E-state index contributed by atoms with van der Waals surface area (Å²) < 4.78 is 5.17. The van der Waals surface area contributed by atoms with Crippen LogP contribution in [-0.4, -0.2) is 58.9 Å². The van der Waals surface area contributed by atoms with Gasteiger partial charge in [0.25, 0.3) is 0 Å². The number of rotatable bonds is 4. The number of carbonyl (C=O) groups is 1. The van der Waals surface area contributed by atoms with Crippen LogP contribution in [-0.2, 0) is 0 Å². The molecular weight excluding hydrogens is 320 g/mol. The Hall–Kier alpha value is -2.83. The Labute approximate surface area is 146 Å². The average Bonchev–Trinajstić information content (AvgIpc) is 2.67. The lowest BCUT2D eigenvalue weighted by Crippen LogP contribution is -2.55. The van der Waals surface area contributed by atoms with Gasteiger partial charge in [-0.25, -0.2) is 14.8 Å². The maximum atomic E-state index is 11.3. The lowest BCUT2D eigenvalue weighted by Gasteiger charge is -2.39. The first kappa shape index (κ1) is 17.0. The molecule has 3 rings (SSSR count). The fourth-order valence-electron chi connectivity index (χ4n) is 3.06. The fourth-order valence-corrected chi connectivity index (χ4v) is 3.06. The molecule has 25 heavy (non-hydrogen) atoms. The number of methoxy groups -OCH3 is 1. The zero-order chi connectivity index (χ0) is 17.8. The number of benzene rings is 1. The molecule has 0 spiro atoms. The van der Waals surface area contributed by atoms with E-state index in [0.717, 1.165) is 23.3 Å². The summed E-state index contributed by atoms with van der Waals surface area (Å²) in [5, 5.41) is 9.26. The number of hydrogen-bond donors (Lipinski definition) is 1. The SMILES string of the molecule is CCC1CN(c2ncc(-c3ccc(OC)cc3)cn2)CCN1C(=O)O. The fraction of sp³-hybridized carbons (Fsp3) is 0.389. The maximum absolute atomic E-state index is 11.3. The topological polar surface area (TPSA) is 78.8 Å². The summed E-state index contributed by atoms with van der Waals surface area (Å²) in [5.41, 5.74) is 1.96. The molecule has 1 aliphatic heterocycles. The number of aromatic nitrogens is 2. The second-order valence-electron chi connectivity index (χ2n) is 5.98. The van der Waals surface area contributed by atoms with Crippen molar-refractivity contribution in [1.82, 2.24) is 14.9 Å². The lowest BCUT2D eigenvalue weighted by atomic mass is 10.1. The molecule has 1 amide bonds. The number of carboxylic acid groups (broad SMARTS) is 1. The van der Waals surface area contributed by atoms with Crippen LogP contribution in [0.1, 0.15) is 13.3 Å². The Morgan fingerprint density at radius 1 is 1.20 bits per heavy atom. The minimum atomic E-state index is -0.859. The highest BCUT2D eigenvalue weighted by Gasteiger charge is 2.30. The molecule has 0 aliphatic carbocycles. The van der Waals surface area contributed by atoms with E-state index in [9.17, 15) is 9.90 Å². The van der Waals surface area contributed by atoms with E-state index in [-0.39, 0.29) is 6.04 Å². The second-order valence-corrected chi connectivity index (χ2v) is 5.98. The van der Waals surface area contributed by atoms with Crippen LogP contribution in [0, 0.1) is 0 Å². The minimum absolute atomic E-state index is 0.0314. The Bertz CT molecular complexity index is 718. The van der Waals surface area contributed by atoms with Crippen molar-refractivity contribution >= 4 is 12.0 Å². The zero-order valence-corrected chi connectivity index (χ0v) is 14.4. The number of amides is 1. The van der Waals surface area contributed by atoms with Crippen LogP contribution in [0.4, 0.5) is 10.7 Å². The second kappa shape index (κ2) is 7.38. The van der Waals surface area contributed by atoms with Crippen LogP contribution >= 0.6 is 0 Å². The molecule has 0 radical (unpaired) electrons. The van der Waals surface area contributed by atoms with Gasteiger partial charge in [-0.05, 0) is 24.1 Å². The van der Waals surface area contributed by atoms with E-state index in [0.29, 0.717) is 25.6 Å². The van der Waals surface area contributed by atoms with Gasteiger partial charge in [-0.1, -0.05) is 19.1 Å². The van der Waals surface area contributed by atoms with E-state index in [1.807, 2.05) is 36.1 Å². The van der Waals surface area contributed by atoms with Gasteiger partial charge in [0.05, 0.1) is 13.2 Å². The molecule has 1 atom stereocenters. The van der Waals surface area contributed by atoms with Gasteiger partial charge in [0.15, 0.2) is 0 Å². The van der Waals surface area contributed by atoms with Crippen molar-refractivity contribution in [3.8, 4) is 16.9 Å². The van der Waals surface area contributed by atoms with Gasteiger partial charge in [0.2, 0.25) is 5.95 Å². The summed E-state index contributed by atoms with van der Waals surface area (Å²) in [7, 11) is 1.64. The first-order valence-electron chi connectivity index (χ1n) is 8.33. The first-order chi connectivity index (χ1) is 12.1. The Kier molecular flexibility index (Phi) is 5.02. The molecule has 0 saturated carbocycles. The van der Waals surface area contributed by atoms with E-state index in [2.05, 4.69) is 9.97 Å². The van der Waals surface area contributed by atoms with Crippen molar-refractivity contribution in [2.75, 3.05) is 31.6 Å². The predicted molar refractivity (Wildman–Crippen MR) is 95.0 cm³/mol. The highest BCUT2D eigenvalue weighted by Crippen LogP contribution is 2.23. The molecule has 1 saturated heterocycles. The smallest absolute Gasteiger partial charge is 0.407 e. The lowest BCUT2D eigenvalue weighted by molar-refractivity contribution is 0.116. The quantitative estimate of drug-likeness (QED) is 0.920. The van der Waals surface area contributed by atoms with Crippen LogP contribution in [0.2, 0.25) is 0 Å². The molecule has 7 nitrogen and oxygen atoms in total. The predicted octanol–water partition coefficient (Wildman–Crippen LogP) is 2.73. The molecule has 1 N–H and O–H groups in total. The molecule has 132 valence electrons.